The lowest BCUT2D eigenvalue weighted by Gasteiger charge is -2.35. The summed E-state index contributed by atoms with van der Waals surface area (Å²) in [6.07, 6.45) is 10.0. The van der Waals surface area contributed by atoms with Crippen molar-refractivity contribution < 1.29 is 19.7 Å². The predicted molar refractivity (Wildman–Crippen MR) is 62.5 cm³/mol. The van der Waals surface area contributed by atoms with Gasteiger partial charge in [0.15, 0.2) is 0 Å². The summed E-state index contributed by atoms with van der Waals surface area (Å²) in [5.74, 6) is 1.72. The van der Waals surface area contributed by atoms with Gasteiger partial charge in [0.25, 0.3) is 0 Å². The van der Waals surface area contributed by atoms with E-state index in [-0.39, 0.29) is 6.10 Å². The zero-order valence-electron chi connectivity index (χ0n) is 10.3. The highest BCUT2D eigenvalue weighted by Gasteiger charge is 2.30. The minimum atomic E-state index is -0.967. The summed E-state index contributed by atoms with van der Waals surface area (Å²) in [5, 5.41) is 8.15. The molecule has 98 valence electrons. The van der Waals surface area contributed by atoms with Crippen LogP contribution in [0.4, 0.5) is 4.79 Å². The van der Waals surface area contributed by atoms with Crippen LogP contribution in [0.3, 0.4) is 0 Å². The largest absolute Gasteiger partial charge is 0.540 e. The Morgan fingerprint density at radius 2 is 1.47 bits per heavy atom. The summed E-state index contributed by atoms with van der Waals surface area (Å²) in [5.41, 5.74) is 0. The smallest absolute Gasteiger partial charge is 0.429 e. The summed E-state index contributed by atoms with van der Waals surface area (Å²) in [7, 11) is 0. The molecule has 0 spiro atoms. The topological polar surface area (TPSA) is 55.8 Å². The Labute approximate surface area is 102 Å². The van der Waals surface area contributed by atoms with Crippen molar-refractivity contribution in [1.29, 1.82) is 0 Å². The average molecular weight is 242 g/mol. The van der Waals surface area contributed by atoms with Crippen LogP contribution < -0.4 is 0 Å². The number of hydrogen-bond acceptors (Lipinski definition) is 4. The van der Waals surface area contributed by atoms with Gasteiger partial charge in [0.05, 0.1) is 0 Å². The highest BCUT2D eigenvalue weighted by Crippen LogP contribution is 2.38. The van der Waals surface area contributed by atoms with Gasteiger partial charge in [-0.05, 0) is 37.5 Å². The molecule has 17 heavy (non-hydrogen) atoms. The molecule has 0 bridgehead atoms. The first kappa shape index (κ1) is 12.7. The van der Waals surface area contributed by atoms with Gasteiger partial charge in [-0.3, -0.25) is 4.89 Å². The molecule has 0 aromatic rings. The molecule has 0 aromatic heterocycles. The Bertz CT molecular complexity index is 240. The predicted octanol–water partition coefficient (Wildman–Crippen LogP) is 3.75. The average Bonchev–Trinajstić information content (AvgIpc) is 2.40. The second kappa shape index (κ2) is 6.24. The van der Waals surface area contributed by atoms with Crippen LogP contribution in [0, 0.1) is 11.8 Å². The molecule has 2 saturated carbocycles. The fourth-order valence-corrected chi connectivity index (χ4v) is 3.44. The van der Waals surface area contributed by atoms with E-state index in [1.807, 2.05) is 0 Å². The van der Waals surface area contributed by atoms with E-state index in [1.54, 1.807) is 0 Å². The molecule has 0 atom stereocenters. The third-order valence-corrected chi connectivity index (χ3v) is 4.37. The lowest BCUT2D eigenvalue weighted by atomic mass is 9.73. The Hall–Kier alpha value is -0.770. The van der Waals surface area contributed by atoms with Gasteiger partial charge in [-0.25, -0.2) is 4.79 Å². The molecule has 1 N–H and O–H groups in total. The zero-order valence-corrected chi connectivity index (χ0v) is 10.3. The van der Waals surface area contributed by atoms with Gasteiger partial charge in [-0.2, -0.15) is 5.26 Å². The standard InChI is InChI=1S/C13H22O4/c14-13(17-15)16-12-8-6-11(7-9-12)10-4-2-1-3-5-10/h10-12,15H,1-9H2. The van der Waals surface area contributed by atoms with Gasteiger partial charge in [-0.1, -0.05) is 32.1 Å². The molecule has 2 fully saturated rings. The van der Waals surface area contributed by atoms with Crippen molar-refractivity contribution in [2.24, 2.45) is 11.8 Å². The quantitative estimate of drug-likeness (QED) is 0.455. The fraction of sp³-hybridized carbons (Fsp3) is 0.923. The summed E-state index contributed by atoms with van der Waals surface area (Å²) >= 11 is 0. The van der Waals surface area contributed by atoms with Gasteiger partial charge < -0.3 is 4.74 Å². The highest BCUT2D eigenvalue weighted by atomic mass is 17.1. The van der Waals surface area contributed by atoms with Crippen molar-refractivity contribution >= 4 is 6.16 Å². The van der Waals surface area contributed by atoms with Crippen LogP contribution in [0.15, 0.2) is 0 Å². The first-order valence-electron chi connectivity index (χ1n) is 6.81. The lowest BCUT2D eigenvalue weighted by Crippen LogP contribution is -2.28. The number of carbonyl (C=O) groups excluding carboxylic acids is 1. The summed E-state index contributed by atoms with van der Waals surface area (Å²) in [4.78, 5) is 14.3. The normalized spacial score (nSPS) is 30.9. The van der Waals surface area contributed by atoms with E-state index in [2.05, 4.69) is 4.89 Å². The van der Waals surface area contributed by atoms with Crippen molar-refractivity contribution in [2.75, 3.05) is 0 Å². The number of carbonyl (C=O) groups is 1. The van der Waals surface area contributed by atoms with Crippen molar-refractivity contribution in [3.8, 4) is 0 Å². The summed E-state index contributed by atoms with van der Waals surface area (Å²) in [6.45, 7) is 0. The summed E-state index contributed by atoms with van der Waals surface area (Å²) in [6, 6.07) is 0. The Balaban J connectivity index is 1.71. The molecule has 0 heterocycles. The van der Waals surface area contributed by atoms with Gasteiger partial charge in [0.1, 0.15) is 6.10 Å². The Morgan fingerprint density at radius 3 is 2.06 bits per heavy atom. The lowest BCUT2D eigenvalue weighted by molar-refractivity contribution is -0.206. The maximum Gasteiger partial charge on any atom is 0.540 e. The van der Waals surface area contributed by atoms with Crippen molar-refractivity contribution in [2.45, 2.75) is 63.9 Å². The summed E-state index contributed by atoms with van der Waals surface area (Å²) < 4.78 is 4.96. The molecule has 4 heteroatoms. The van der Waals surface area contributed by atoms with E-state index >= 15 is 0 Å². The number of rotatable bonds is 2. The van der Waals surface area contributed by atoms with E-state index in [1.165, 1.54) is 32.1 Å². The van der Waals surface area contributed by atoms with Crippen LogP contribution in [-0.2, 0) is 9.62 Å². The van der Waals surface area contributed by atoms with Crippen molar-refractivity contribution in [3.63, 3.8) is 0 Å². The molecule has 0 aromatic carbocycles. The van der Waals surface area contributed by atoms with E-state index in [0.717, 1.165) is 37.5 Å². The van der Waals surface area contributed by atoms with E-state index in [0.29, 0.717) is 0 Å². The number of ether oxygens (including phenoxy) is 1. The molecule has 0 unspecified atom stereocenters. The molecule has 0 amide bonds. The molecule has 2 rings (SSSR count). The van der Waals surface area contributed by atoms with E-state index < -0.39 is 6.16 Å². The fourth-order valence-electron chi connectivity index (χ4n) is 3.44. The monoisotopic (exact) mass is 242 g/mol. The van der Waals surface area contributed by atoms with Crippen LogP contribution in [-0.4, -0.2) is 17.5 Å². The molecular weight excluding hydrogens is 220 g/mol. The second-order valence-corrected chi connectivity index (χ2v) is 5.39. The van der Waals surface area contributed by atoms with Crippen LogP contribution >= 0.6 is 0 Å². The molecule has 2 aliphatic carbocycles. The van der Waals surface area contributed by atoms with Gasteiger partial charge >= 0.3 is 6.16 Å². The third-order valence-electron chi connectivity index (χ3n) is 4.37. The SMILES string of the molecule is O=C(OO)OC1CCC(C2CCCCC2)CC1. The minimum Gasteiger partial charge on any atom is -0.429 e. The maximum absolute atomic E-state index is 10.8. The molecule has 4 nitrogen and oxygen atoms in total. The molecule has 2 aliphatic rings. The van der Waals surface area contributed by atoms with Gasteiger partial charge in [0.2, 0.25) is 0 Å². The van der Waals surface area contributed by atoms with Crippen LogP contribution in [0.2, 0.25) is 0 Å². The zero-order chi connectivity index (χ0) is 12.1. The van der Waals surface area contributed by atoms with Crippen molar-refractivity contribution in [1.82, 2.24) is 0 Å². The third kappa shape index (κ3) is 3.60. The Kier molecular flexibility index (Phi) is 4.66. The van der Waals surface area contributed by atoms with Gasteiger partial charge in [-0.15, -0.1) is 0 Å². The number of hydrogen-bond donors (Lipinski definition) is 1. The highest BCUT2D eigenvalue weighted by molar-refractivity contribution is 5.59. The molecule has 0 saturated heterocycles. The van der Waals surface area contributed by atoms with E-state index in [9.17, 15) is 4.79 Å². The van der Waals surface area contributed by atoms with Gasteiger partial charge in [0, 0.05) is 0 Å². The first-order valence-corrected chi connectivity index (χ1v) is 6.81. The molecular formula is C13H22O4. The molecule has 0 radical (unpaired) electrons. The second-order valence-electron chi connectivity index (χ2n) is 5.39. The minimum absolute atomic E-state index is 0.0607. The van der Waals surface area contributed by atoms with Crippen LogP contribution in [0.25, 0.3) is 0 Å². The first-order chi connectivity index (χ1) is 8.29. The van der Waals surface area contributed by atoms with E-state index in [4.69, 9.17) is 9.99 Å². The Morgan fingerprint density at radius 1 is 0.882 bits per heavy atom. The maximum atomic E-state index is 10.8. The van der Waals surface area contributed by atoms with Crippen LogP contribution in [0.1, 0.15) is 57.8 Å². The van der Waals surface area contributed by atoms with Crippen LogP contribution in [0.5, 0.6) is 0 Å². The van der Waals surface area contributed by atoms with Crippen molar-refractivity contribution in [3.05, 3.63) is 0 Å². The molecule has 0 aliphatic heterocycles.